The molecule has 0 aliphatic heterocycles. The number of benzene rings is 1. The highest BCUT2D eigenvalue weighted by molar-refractivity contribution is 5.75. The highest BCUT2D eigenvalue weighted by atomic mass is 16.5. The number of hydrogen-bond acceptors (Lipinski definition) is 4. The largest absolute Gasteiger partial charge is 0.460 e. The molecular formula is C13H20N2O2. The van der Waals surface area contributed by atoms with Crippen LogP contribution in [0.2, 0.25) is 0 Å². The average Bonchev–Trinajstić information content (AvgIpc) is 2.37. The van der Waals surface area contributed by atoms with Crippen molar-refractivity contribution in [1.29, 1.82) is 0 Å². The number of carbonyl (C=O) groups excluding carboxylic acids is 1. The van der Waals surface area contributed by atoms with Gasteiger partial charge >= 0.3 is 5.97 Å². The first-order valence-corrected chi connectivity index (χ1v) is 5.90. The summed E-state index contributed by atoms with van der Waals surface area (Å²) in [5.41, 5.74) is 12.0. The molecule has 0 aliphatic carbocycles. The Morgan fingerprint density at radius 1 is 1.24 bits per heavy atom. The summed E-state index contributed by atoms with van der Waals surface area (Å²) in [6, 6.07) is 9.02. The molecule has 4 heteroatoms. The monoisotopic (exact) mass is 236 g/mol. The van der Waals surface area contributed by atoms with Crippen molar-refractivity contribution in [2.75, 3.05) is 6.54 Å². The molecule has 0 spiro atoms. The molecule has 0 saturated carbocycles. The lowest BCUT2D eigenvalue weighted by Crippen LogP contribution is -2.32. The van der Waals surface area contributed by atoms with Crippen LogP contribution in [0.25, 0.3) is 0 Å². The molecule has 4 nitrogen and oxygen atoms in total. The van der Waals surface area contributed by atoms with Gasteiger partial charge in [0.05, 0.1) is 0 Å². The van der Waals surface area contributed by atoms with E-state index in [1.807, 2.05) is 30.3 Å². The van der Waals surface area contributed by atoms with Crippen LogP contribution in [0.1, 0.15) is 24.8 Å². The Balaban J connectivity index is 2.24. The van der Waals surface area contributed by atoms with Crippen molar-refractivity contribution in [2.24, 2.45) is 11.5 Å². The molecule has 0 aliphatic rings. The minimum Gasteiger partial charge on any atom is -0.460 e. The highest BCUT2D eigenvalue weighted by Crippen LogP contribution is 2.04. The fraction of sp³-hybridized carbons (Fsp3) is 0.462. The SMILES string of the molecule is NCCCC[C@@H](N)C(=O)OCc1ccccc1. The van der Waals surface area contributed by atoms with Crippen LogP contribution in [0.4, 0.5) is 0 Å². The van der Waals surface area contributed by atoms with E-state index < -0.39 is 6.04 Å². The van der Waals surface area contributed by atoms with Gasteiger partial charge in [0.25, 0.3) is 0 Å². The Labute approximate surface area is 102 Å². The summed E-state index contributed by atoms with van der Waals surface area (Å²) in [7, 11) is 0. The van der Waals surface area contributed by atoms with E-state index in [0.29, 0.717) is 13.0 Å². The van der Waals surface area contributed by atoms with Crippen molar-refractivity contribution >= 4 is 5.97 Å². The van der Waals surface area contributed by atoms with Crippen molar-refractivity contribution in [2.45, 2.75) is 31.9 Å². The van der Waals surface area contributed by atoms with Crippen molar-refractivity contribution in [3.05, 3.63) is 35.9 Å². The molecule has 1 aromatic carbocycles. The zero-order valence-electron chi connectivity index (χ0n) is 9.97. The molecule has 0 bridgehead atoms. The fourth-order valence-electron chi connectivity index (χ4n) is 1.46. The number of nitrogens with two attached hydrogens (primary N) is 2. The van der Waals surface area contributed by atoms with E-state index in [2.05, 4.69) is 0 Å². The number of rotatable bonds is 7. The second kappa shape index (κ2) is 7.81. The van der Waals surface area contributed by atoms with Gasteiger partial charge in [0, 0.05) is 0 Å². The number of hydrogen-bond donors (Lipinski definition) is 2. The second-order valence-corrected chi connectivity index (χ2v) is 3.98. The predicted molar refractivity (Wildman–Crippen MR) is 67.1 cm³/mol. The summed E-state index contributed by atoms with van der Waals surface area (Å²) < 4.78 is 5.13. The summed E-state index contributed by atoms with van der Waals surface area (Å²) in [5.74, 6) is -0.342. The lowest BCUT2D eigenvalue weighted by molar-refractivity contribution is -0.146. The van der Waals surface area contributed by atoms with E-state index in [1.54, 1.807) is 0 Å². The molecule has 0 amide bonds. The molecule has 0 saturated heterocycles. The maximum absolute atomic E-state index is 11.5. The molecule has 94 valence electrons. The Hall–Kier alpha value is -1.39. The molecule has 0 fully saturated rings. The van der Waals surface area contributed by atoms with Gasteiger partial charge < -0.3 is 16.2 Å². The standard InChI is InChI=1S/C13H20N2O2/c14-9-5-4-8-12(15)13(16)17-10-11-6-2-1-3-7-11/h1-3,6-7,12H,4-5,8-10,14-15H2/t12-/m1/s1. The van der Waals surface area contributed by atoms with E-state index in [0.717, 1.165) is 18.4 Å². The number of ether oxygens (including phenoxy) is 1. The number of esters is 1. The maximum atomic E-state index is 11.5. The molecule has 1 rings (SSSR count). The topological polar surface area (TPSA) is 78.3 Å². The first-order chi connectivity index (χ1) is 8.24. The van der Waals surface area contributed by atoms with Crippen molar-refractivity contribution in [1.82, 2.24) is 0 Å². The summed E-state index contributed by atoms with van der Waals surface area (Å²) in [6.07, 6.45) is 2.38. The van der Waals surface area contributed by atoms with Gasteiger partial charge in [0.15, 0.2) is 0 Å². The normalized spacial score (nSPS) is 12.1. The van der Waals surface area contributed by atoms with Crippen LogP contribution in [0.3, 0.4) is 0 Å². The molecule has 0 radical (unpaired) electrons. The van der Waals surface area contributed by atoms with Gasteiger partial charge in [-0.1, -0.05) is 36.8 Å². The van der Waals surface area contributed by atoms with Crippen LogP contribution >= 0.6 is 0 Å². The molecule has 4 N–H and O–H groups in total. The average molecular weight is 236 g/mol. The van der Waals surface area contributed by atoms with Crippen LogP contribution in [0.15, 0.2) is 30.3 Å². The molecule has 0 heterocycles. The second-order valence-electron chi connectivity index (χ2n) is 3.98. The molecule has 0 unspecified atom stereocenters. The lowest BCUT2D eigenvalue weighted by Gasteiger charge is -2.11. The van der Waals surface area contributed by atoms with Gasteiger partial charge in [-0.15, -0.1) is 0 Å². The van der Waals surface area contributed by atoms with Gasteiger partial charge in [0.2, 0.25) is 0 Å². The lowest BCUT2D eigenvalue weighted by atomic mass is 10.1. The third-order valence-corrected chi connectivity index (χ3v) is 2.50. The van der Waals surface area contributed by atoms with E-state index in [1.165, 1.54) is 0 Å². The van der Waals surface area contributed by atoms with Crippen LogP contribution in [0.5, 0.6) is 0 Å². The van der Waals surface area contributed by atoms with Crippen molar-refractivity contribution in [3.8, 4) is 0 Å². The van der Waals surface area contributed by atoms with Gasteiger partial charge in [-0.05, 0) is 24.9 Å². The van der Waals surface area contributed by atoms with E-state index in [9.17, 15) is 4.79 Å². The number of carbonyl (C=O) groups is 1. The van der Waals surface area contributed by atoms with E-state index >= 15 is 0 Å². The molecule has 1 atom stereocenters. The Bertz CT molecular complexity index is 327. The quantitative estimate of drug-likeness (QED) is 0.550. The fourth-order valence-corrected chi connectivity index (χ4v) is 1.46. The smallest absolute Gasteiger partial charge is 0.323 e. The molecule has 0 aromatic heterocycles. The van der Waals surface area contributed by atoms with Gasteiger partial charge in [-0.3, -0.25) is 4.79 Å². The van der Waals surface area contributed by atoms with Gasteiger partial charge in [0.1, 0.15) is 12.6 Å². The number of unbranched alkanes of at least 4 members (excludes halogenated alkanes) is 1. The Morgan fingerprint density at radius 2 is 1.94 bits per heavy atom. The van der Waals surface area contributed by atoms with Crippen LogP contribution in [-0.2, 0) is 16.1 Å². The van der Waals surface area contributed by atoms with Crippen LogP contribution < -0.4 is 11.5 Å². The summed E-state index contributed by atoms with van der Waals surface area (Å²) in [5, 5.41) is 0. The van der Waals surface area contributed by atoms with Crippen LogP contribution in [-0.4, -0.2) is 18.6 Å². The molecule has 17 heavy (non-hydrogen) atoms. The summed E-state index contributed by atoms with van der Waals surface area (Å²) in [6.45, 7) is 0.913. The third kappa shape index (κ3) is 5.47. The Morgan fingerprint density at radius 3 is 2.59 bits per heavy atom. The predicted octanol–water partition coefficient (Wildman–Crippen LogP) is 1.19. The first kappa shape index (κ1) is 13.7. The van der Waals surface area contributed by atoms with E-state index in [4.69, 9.17) is 16.2 Å². The summed E-state index contributed by atoms with van der Waals surface area (Å²) in [4.78, 5) is 11.5. The van der Waals surface area contributed by atoms with Gasteiger partial charge in [-0.2, -0.15) is 0 Å². The van der Waals surface area contributed by atoms with Gasteiger partial charge in [-0.25, -0.2) is 0 Å². The highest BCUT2D eigenvalue weighted by Gasteiger charge is 2.14. The third-order valence-electron chi connectivity index (χ3n) is 2.50. The van der Waals surface area contributed by atoms with Crippen molar-refractivity contribution in [3.63, 3.8) is 0 Å². The van der Waals surface area contributed by atoms with E-state index in [-0.39, 0.29) is 12.6 Å². The zero-order valence-corrected chi connectivity index (χ0v) is 9.97. The molecular weight excluding hydrogens is 216 g/mol. The summed E-state index contributed by atoms with van der Waals surface area (Å²) >= 11 is 0. The first-order valence-electron chi connectivity index (χ1n) is 5.90. The van der Waals surface area contributed by atoms with Crippen LogP contribution in [0, 0.1) is 0 Å². The maximum Gasteiger partial charge on any atom is 0.323 e. The van der Waals surface area contributed by atoms with Crippen molar-refractivity contribution < 1.29 is 9.53 Å². The zero-order chi connectivity index (χ0) is 12.5. The Kier molecular flexibility index (Phi) is 6.29. The minimum absolute atomic E-state index is 0.282. The molecule has 1 aromatic rings. The minimum atomic E-state index is -0.537.